The lowest BCUT2D eigenvalue weighted by molar-refractivity contribution is 0.0954. The number of aryl methyl sites for hydroxylation is 1. The van der Waals surface area contributed by atoms with Crippen molar-refractivity contribution < 1.29 is 9.53 Å². The Labute approximate surface area is 206 Å². The molecule has 5 aromatic rings. The van der Waals surface area contributed by atoms with Crippen molar-refractivity contribution in [2.24, 2.45) is 0 Å². The molecule has 2 aromatic heterocycles. The summed E-state index contributed by atoms with van der Waals surface area (Å²) in [5.41, 5.74) is 2.44. The van der Waals surface area contributed by atoms with Crippen molar-refractivity contribution in [3.05, 3.63) is 123 Å². The van der Waals surface area contributed by atoms with Crippen LogP contribution in [0.3, 0.4) is 0 Å². The summed E-state index contributed by atoms with van der Waals surface area (Å²) in [4.78, 5) is 31.1. The molecular weight excluding hydrogens is 458 g/mol. The molecule has 0 spiro atoms. The highest BCUT2D eigenvalue weighted by molar-refractivity contribution is 7.16. The van der Waals surface area contributed by atoms with Crippen molar-refractivity contribution in [1.29, 1.82) is 0 Å². The number of nitrogens with zero attached hydrogens (tertiary/aromatic N) is 2. The molecule has 0 atom stereocenters. The van der Waals surface area contributed by atoms with Gasteiger partial charge >= 0.3 is 0 Å². The van der Waals surface area contributed by atoms with Crippen LogP contribution in [0.5, 0.6) is 5.75 Å². The molecule has 7 heteroatoms. The van der Waals surface area contributed by atoms with Gasteiger partial charge in [0.2, 0.25) is 0 Å². The van der Waals surface area contributed by atoms with Crippen LogP contribution < -0.4 is 15.6 Å². The van der Waals surface area contributed by atoms with Gasteiger partial charge in [-0.25, -0.2) is 4.98 Å². The maximum absolute atomic E-state index is 13.3. The Morgan fingerprint density at radius 1 is 0.914 bits per heavy atom. The minimum absolute atomic E-state index is 0.208. The largest absolute Gasteiger partial charge is 0.488 e. The second-order valence-electron chi connectivity index (χ2n) is 8.06. The number of thiazole rings is 1. The zero-order valence-corrected chi connectivity index (χ0v) is 19.9. The Morgan fingerprint density at radius 3 is 2.37 bits per heavy atom. The van der Waals surface area contributed by atoms with Crippen LogP contribution in [0.4, 0.5) is 0 Å². The van der Waals surface area contributed by atoms with Crippen LogP contribution in [0.15, 0.2) is 95.9 Å². The van der Waals surface area contributed by atoms with Gasteiger partial charge in [0.1, 0.15) is 17.2 Å². The maximum Gasteiger partial charge on any atom is 0.264 e. The van der Waals surface area contributed by atoms with E-state index in [9.17, 15) is 9.59 Å². The Kier molecular flexibility index (Phi) is 6.41. The Hall–Kier alpha value is -4.23. The molecule has 0 aliphatic rings. The molecular formula is C28H23N3O3S. The lowest BCUT2D eigenvalue weighted by atomic mass is 10.1. The fourth-order valence-corrected chi connectivity index (χ4v) is 4.78. The van der Waals surface area contributed by atoms with Crippen LogP contribution in [0, 0.1) is 6.92 Å². The second-order valence-corrected chi connectivity index (χ2v) is 9.04. The van der Waals surface area contributed by atoms with E-state index < -0.39 is 0 Å². The molecule has 0 saturated carbocycles. The van der Waals surface area contributed by atoms with Gasteiger partial charge in [0, 0.05) is 18.1 Å². The molecule has 0 radical (unpaired) electrons. The Balaban J connectivity index is 1.39. The maximum atomic E-state index is 13.3. The zero-order chi connectivity index (χ0) is 24.2. The van der Waals surface area contributed by atoms with Gasteiger partial charge < -0.3 is 10.1 Å². The van der Waals surface area contributed by atoms with Gasteiger partial charge in [0.05, 0.1) is 11.1 Å². The summed E-state index contributed by atoms with van der Waals surface area (Å²) in [6.07, 6.45) is 1.68. The van der Waals surface area contributed by atoms with Gasteiger partial charge in [-0.3, -0.25) is 14.2 Å². The van der Waals surface area contributed by atoms with Gasteiger partial charge in [-0.05, 0) is 36.2 Å². The average Bonchev–Trinajstić information content (AvgIpc) is 3.29. The predicted molar refractivity (Wildman–Crippen MR) is 138 cm³/mol. The van der Waals surface area contributed by atoms with Gasteiger partial charge in [0.25, 0.3) is 11.5 Å². The topological polar surface area (TPSA) is 73.2 Å². The number of fused-ring (bicyclic) bond motifs is 1. The highest BCUT2D eigenvalue weighted by Gasteiger charge is 2.18. The predicted octanol–water partition coefficient (Wildman–Crippen LogP) is 5.26. The number of benzene rings is 3. The highest BCUT2D eigenvalue weighted by atomic mass is 32.1. The van der Waals surface area contributed by atoms with E-state index in [1.165, 1.54) is 15.9 Å². The lowest BCUT2D eigenvalue weighted by Gasteiger charge is -2.10. The van der Waals surface area contributed by atoms with E-state index in [2.05, 4.69) is 10.3 Å². The van der Waals surface area contributed by atoms with Crippen LogP contribution in [-0.2, 0) is 13.2 Å². The van der Waals surface area contributed by atoms with Crippen LogP contribution in [0.25, 0.3) is 15.9 Å². The Morgan fingerprint density at radius 2 is 1.63 bits per heavy atom. The summed E-state index contributed by atoms with van der Waals surface area (Å²) >= 11 is 1.20. The first-order chi connectivity index (χ1) is 17.1. The van der Waals surface area contributed by atoms with Crippen LogP contribution in [-0.4, -0.2) is 15.5 Å². The zero-order valence-electron chi connectivity index (χ0n) is 19.1. The number of carbonyl (C=O) groups excluding carboxylic acids is 1. The number of amides is 1. The average molecular weight is 482 g/mol. The third kappa shape index (κ3) is 4.85. The molecule has 0 aliphatic carbocycles. The van der Waals surface area contributed by atoms with E-state index in [-0.39, 0.29) is 11.5 Å². The number of rotatable bonds is 7. The van der Waals surface area contributed by atoms with Crippen LogP contribution >= 0.6 is 11.3 Å². The first kappa shape index (κ1) is 22.6. The normalized spacial score (nSPS) is 10.9. The lowest BCUT2D eigenvalue weighted by Crippen LogP contribution is -2.22. The number of aromatic nitrogens is 2. The fraction of sp³-hybridized carbons (Fsp3) is 0.107. The highest BCUT2D eigenvalue weighted by Crippen LogP contribution is 2.26. The number of hydrogen-bond donors (Lipinski definition) is 1. The quantitative estimate of drug-likeness (QED) is 0.344. The van der Waals surface area contributed by atoms with Crippen LogP contribution in [0.1, 0.15) is 26.5 Å². The van der Waals surface area contributed by atoms with E-state index in [1.54, 1.807) is 19.2 Å². The summed E-state index contributed by atoms with van der Waals surface area (Å²) in [5, 5.41) is 4.64. The molecule has 0 aliphatic heterocycles. The minimum atomic E-state index is -0.211. The molecule has 35 heavy (non-hydrogen) atoms. The summed E-state index contributed by atoms with van der Waals surface area (Å²) in [7, 11) is 0. The van der Waals surface area contributed by atoms with Crippen molar-refractivity contribution >= 4 is 28.0 Å². The van der Waals surface area contributed by atoms with E-state index in [0.717, 1.165) is 16.5 Å². The first-order valence-corrected chi connectivity index (χ1v) is 12.0. The molecule has 1 amide bonds. The Bertz CT molecular complexity index is 1540. The summed E-state index contributed by atoms with van der Waals surface area (Å²) in [6.45, 7) is 2.61. The molecule has 1 N–H and O–H groups in total. The molecule has 174 valence electrons. The van der Waals surface area contributed by atoms with Gasteiger partial charge in [-0.2, -0.15) is 0 Å². The fourth-order valence-electron chi connectivity index (χ4n) is 3.82. The molecule has 6 nitrogen and oxygen atoms in total. The van der Waals surface area contributed by atoms with Crippen molar-refractivity contribution in [1.82, 2.24) is 14.9 Å². The molecule has 0 saturated heterocycles. The van der Waals surface area contributed by atoms with E-state index in [0.29, 0.717) is 40.0 Å². The summed E-state index contributed by atoms with van der Waals surface area (Å²) in [6, 6.07) is 26.9. The molecule has 0 fully saturated rings. The molecule has 2 heterocycles. The molecule has 0 unspecified atom stereocenters. The summed E-state index contributed by atoms with van der Waals surface area (Å²) in [5.74, 6) is 0.437. The SMILES string of the molecule is Cc1nc(-n2ccc3c(OCc4ccccc4)cccc3c2=O)sc1C(=O)NCc1ccccc1. The third-order valence-electron chi connectivity index (χ3n) is 5.64. The molecule has 3 aromatic carbocycles. The number of pyridine rings is 1. The van der Waals surface area contributed by atoms with Crippen molar-refractivity contribution in [3.63, 3.8) is 0 Å². The first-order valence-electron chi connectivity index (χ1n) is 11.2. The van der Waals surface area contributed by atoms with Gasteiger partial charge in [0.15, 0.2) is 5.13 Å². The molecule has 0 bridgehead atoms. The van der Waals surface area contributed by atoms with E-state index in [4.69, 9.17) is 4.74 Å². The number of nitrogens with one attached hydrogen (secondary N) is 1. The van der Waals surface area contributed by atoms with Crippen LogP contribution in [0.2, 0.25) is 0 Å². The second kappa shape index (κ2) is 9.95. The van der Waals surface area contributed by atoms with E-state index in [1.807, 2.05) is 78.9 Å². The van der Waals surface area contributed by atoms with Crippen molar-refractivity contribution in [3.8, 4) is 10.9 Å². The van der Waals surface area contributed by atoms with Crippen molar-refractivity contribution in [2.75, 3.05) is 0 Å². The number of ether oxygens (including phenoxy) is 1. The van der Waals surface area contributed by atoms with Gasteiger partial charge in [-0.1, -0.05) is 78.1 Å². The minimum Gasteiger partial charge on any atom is -0.488 e. The van der Waals surface area contributed by atoms with E-state index >= 15 is 0 Å². The number of carbonyl (C=O) groups is 1. The summed E-state index contributed by atoms with van der Waals surface area (Å²) < 4.78 is 7.49. The van der Waals surface area contributed by atoms with Gasteiger partial charge in [-0.15, -0.1) is 0 Å². The third-order valence-corrected chi connectivity index (χ3v) is 6.79. The monoisotopic (exact) mass is 481 g/mol. The van der Waals surface area contributed by atoms with Crippen molar-refractivity contribution in [2.45, 2.75) is 20.1 Å². The molecule has 5 rings (SSSR count). The number of hydrogen-bond acceptors (Lipinski definition) is 5. The standard InChI is InChI=1S/C28H23N3O3S/c1-19-25(26(32)29-17-20-9-4-2-5-10-20)35-28(30-19)31-16-15-22-23(27(31)33)13-8-14-24(22)34-18-21-11-6-3-7-12-21/h2-16H,17-18H2,1H3,(H,29,32). The smallest absolute Gasteiger partial charge is 0.264 e.